The third-order valence-corrected chi connectivity index (χ3v) is 8.79. The number of benzene rings is 7. The van der Waals surface area contributed by atoms with E-state index in [9.17, 15) is 0 Å². The summed E-state index contributed by atoms with van der Waals surface area (Å²) in [5.41, 5.74) is 10.4. The summed E-state index contributed by atoms with van der Waals surface area (Å²) in [7, 11) is 0. The van der Waals surface area contributed by atoms with Crippen molar-refractivity contribution < 1.29 is 4.74 Å². The number of para-hydroxylation sites is 1. The molecule has 0 aliphatic carbocycles. The molecule has 0 fully saturated rings. The van der Waals surface area contributed by atoms with Crippen LogP contribution in [-0.2, 0) is 6.61 Å². The van der Waals surface area contributed by atoms with Gasteiger partial charge in [-0.05, 0) is 95.2 Å². The van der Waals surface area contributed by atoms with E-state index in [4.69, 9.17) is 4.74 Å². The third-order valence-electron chi connectivity index (χ3n) is 8.79. The van der Waals surface area contributed by atoms with E-state index in [0.717, 1.165) is 45.0 Å². The molecular weight excluding hydrogens is 609 g/mol. The summed E-state index contributed by atoms with van der Waals surface area (Å²) in [5.74, 6) is 0.712. The van der Waals surface area contributed by atoms with Gasteiger partial charge in [0.2, 0.25) is 0 Å². The molecular formula is C47H38N2O. The van der Waals surface area contributed by atoms with Crippen LogP contribution < -0.4 is 9.64 Å². The third kappa shape index (κ3) is 7.03. The molecule has 7 aromatic rings. The maximum atomic E-state index is 6.54. The standard InChI is InChI=1S/C47H38N2O/c1-3-4-7-17-39-27-32-45(47(46(39)48-2)50-34-35-14-8-5-9-15-35)38-25-30-44(31-26-38)49(42-19-10-6-11-20-42)43-28-23-37(24-29-43)41-22-21-36-16-12-13-18-40(36)33-41/h3-33H,2,34H2,1H3/b4-3-,17-7-. The van der Waals surface area contributed by atoms with Crippen LogP contribution >= 0.6 is 0 Å². The van der Waals surface area contributed by atoms with Gasteiger partial charge in [-0.2, -0.15) is 0 Å². The molecule has 0 aliphatic heterocycles. The minimum Gasteiger partial charge on any atom is -0.486 e. The Labute approximate surface area is 294 Å². The summed E-state index contributed by atoms with van der Waals surface area (Å²) in [6.45, 7) is 6.35. The van der Waals surface area contributed by atoms with Gasteiger partial charge in [-0.15, -0.1) is 0 Å². The van der Waals surface area contributed by atoms with Crippen LogP contribution in [0.1, 0.15) is 18.1 Å². The van der Waals surface area contributed by atoms with Crippen molar-refractivity contribution in [1.82, 2.24) is 0 Å². The second-order valence-corrected chi connectivity index (χ2v) is 12.0. The highest BCUT2D eigenvalue weighted by molar-refractivity contribution is 5.88. The fourth-order valence-corrected chi connectivity index (χ4v) is 6.24. The lowest BCUT2D eigenvalue weighted by molar-refractivity contribution is 0.308. The van der Waals surface area contributed by atoms with Gasteiger partial charge < -0.3 is 9.64 Å². The molecule has 3 heteroatoms. The minimum absolute atomic E-state index is 0.424. The highest BCUT2D eigenvalue weighted by Crippen LogP contribution is 2.43. The Hall–Kier alpha value is -6.45. The van der Waals surface area contributed by atoms with Crippen molar-refractivity contribution in [1.29, 1.82) is 0 Å². The largest absolute Gasteiger partial charge is 0.486 e. The van der Waals surface area contributed by atoms with Crippen LogP contribution in [-0.4, -0.2) is 6.72 Å². The number of hydrogen-bond donors (Lipinski definition) is 0. The highest BCUT2D eigenvalue weighted by Gasteiger charge is 2.17. The number of allylic oxidation sites excluding steroid dienone is 3. The number of rotatable bonds is 11. The Balaban J connectivity index is 1.24. The van der Waals surface area contributed by atoms with Gasteiger partial charge in [0.25, 0.3) is 0 Å². The molecule has 0 heterocycles. The van der Waals surface area contributed by atoms with Crippen LogP contribution in [0.15, 0.2) is 187 Å². The Morgan fingerprint density at radius 1 is 0.580 bits per heavy atom. The van der Waals surface area contributed by atoms with Gasteiger partial charge in [-0.1, -0.05) is 140 Å². The molecule has 7 rings (SSSR count). The summed E-state index contributed by atoms with van der Waals surface area (Å²) >= 11 is 0. The second-order valence-electron chi connectivity index (χ2n) is 12.0. The van der Waals surface area contributed by atoms with E-state index in [1.165, 1.54) is 21.9 Å². The molecule has 0 radical (unpaired) electrons. The lowest BCUT2D eigenvalue weighted by atomic mass is 9.99. The van der Waals surface area contributed by atoms with Crippen LogP contribution in [0, 0.1) is 0 Å². The van der Waals surface area contributed by atoms with E-state index in [-0.39, 0.29) is 0 Å². The van der Waals surface area contributed by atoms with Crippen molar-refractivity contribution in [2.45, 2.75) is 13.5 Å². The van der Waals surface area contributed by atoms with Crippen molar-refractivity contribution in [2.24, 2.45) is 4.99 Å². The van der Waals surface area contributed by atoms with Gasteiger partial charge in [-0.3, -0.25) is 4.99 Å². The molecule has 0 saturated heterocycles. The number of ether oxygens (including phenoxy) is 1. The monoisotopic (exact) mass is 646 g/mol. The lowest BCUT2D eigenvalue weighted by Gasteiger charge is -2.26. The lowest BCUT2D eigenvalue weighted by Crippen LogP contribution is -2.09. The van der Waals surface area contributed by atoms with E-state index in [2.05, 4.69) is 156 Å². The maximum absolute atomic E-state index is 6.54. The zero-order valence-electron chi connectivity index (χ0n) is 28.1. The molecule has 7 aromatic carbocycles. The predicted molar refractivity (Wildman–Crippen MR) is 213 cm³/mol. The maximum Gasteiger partial charge on any atom is 0.153 e. The molecule has 0 aromatic heterocycles. The zero-order valence-corrected chi connectivity index (χ0v) is 28.1. The topological polar surface area (TPSA) is 24.8 Å². The summed E-state index contributed by atoms with van der Waals surface area (Å²) in [6.07, 6.45) is 8.04. The summed E-state index contributed by atoms with van der Waals surface area (Å²) in [4.78, 5) is 6.74. The summed E-state index contributed by atoms with van der Waals surface area (Å²) in [5, 5.41) is 2.49. The van der Waals surface area contributed by atoms with Crippen LogP contribution in [0.4, 0.5) is 22.7 Å². The van der Waals surface area contributed by atoms with Crippen LogP contribution in [0.2, 0.25) is 0 Å². The second kappa shape index (κ2) is 15.2. The molecule has 0 aliphatic rings. The van der Waals surface area contributed by atoms with E-state index in [1.807, 2.05) is 55.5 Å². The molecule has 0 spiro atoms. The van der Waals surface area contributed by atoms with Crippen molar-refractivity contribution >= 4 is 46.3 Å². The van der Waals surface area contributed by atoms with Crippen molar-refractivity contribution in [2.75, 3.05) is 4.90 Å². The van der Waals surface area contributed by atoms with Gasteiger partial charge >= 0.3 is 0 Å². The molecule has 0 N–H and O–H groups in total. The smallest absolute Gasteiger partial charge is 0.153 e. The first-order valence-corrected chi connectivity index (χ1v) is 16.9. The Morgan fingerprint density at radius 2 is 1.18 bits per heavy atom. The molecule has 0 amide bonds. The summed E-state index contributed by atoms with van der Waals surface area (Å²) in [6, 6.07) is 57.4. The van der Waals surface area contributed by atoms with Gasteiger partial charge in [0.05, 0.1) is 0 Å². The minimum atomic E-state index is 0.424. The van der Waals surface area contributed by atoms with Gasteiger partial charge in [0.1, 0.15) is 12.3 Å². The van der Waals surface area contributed by atoms with E-state index in [1.54, 1.807) is 0 Å². The van der Waals surface area contributed by atoms with Crippen LogP contribution in [0.5, 0.6) is 5.75 Å². The first-order valence-electron chi connectivity index (χ1n) is 16.9. The Kier molecular flexibility index (Phi) is 9.75. The molecule has 0 bridgehead atoms. The number of aliphatic imine (C=N–C) groups is 1. The molecule has 242 valence electrons. The molecule has 3 nitrogen and oxygen atoms in total. The van der Waals surface area contributed by atoms with Crippen LogP contribution in [0.3, 0.4) is 0 Å². The van der Waals surface area contributed by atoms with Gasteiger partial charge in [0, 0.05) is 28.2 Å². The van der Waals surface area contributed by atoms with Gasteiger partial charge in [-0.25, -0.2) is 0 Å². The molecule has 0 saturated carbocycles. The SMILES string of the molecule is C=Nc1c(/C=C\C=C/C)ccc(-c2ccc(N(c3ccccc3)c3ccc(-c4ccc5ccccc5c4)cc3)cc2)c1OCc1ccccc1. The molecule has 50 heavy (non-hydrogen) atoms. The molecule has 0 atom stereocenters. The Morgan fingerprint density at radius 3 is 1.86 bits per heavy atom. The number of nitrogens with zero attached hydrogens (tertiary/aromatic N) is 2. The fourth-order valence-electron chi connectivity index (χ4n) is 6.24. The number of anilines is 3. The van der Waals surface area contributed by atoms with Crippen molar-refractivity contribution in [3.63, 3.8) is 0 Å². The Bertz CT molecular complexity index is 2270. The fraction of sp³-hybridized carbons (Fsp3) is 0.0426. The van der Waals surface area contributed by atoms with E-state index in [0.29, 0.717) is 12.4 Å². The number of fused-ring (bicyclic) bond motifs is 1. The quantitative estimate of drug-likeness (QED) is 0.103. The van der Waals surface area contributed by atoms with Crippen LogP contribution in [0.25, 0.3) is 39.1 Å². The summed E-state index contributed by atoms with van der Waals surface area (Å²) < 4.78 is 6.54. The first kappa shape index (κ1) is 32.1. The average molecular weight is 647 g/mol. The van der Waals surface area contributed by atoms with Gasteiger partial charge in [0.15, 0.2) is 5.75 Å². The zero-order chi connectivity index (χ0) is 34.1. The average Bonchev–Trinajstić information content (AvgIpc) is 3.18. The van der Waals surface area contributed by atoms with E-state index < -0.39 is 0 Å². The van der Waals surface area contributed by atoms with Crippen molar-refractivity contribution in [3.05, 3.63) is 193 Å². The first-order chi connectivity index (χ1) is 24.7. The predicted octanol–water partition coefficient (Wildman–Crippen LogP) is 13.1. The van der Waals surface area contributed by atoms with Crippen molar-refractivity contribution in [3.8, 4) is 28.0 Å². The number of hydrogen-bond acceptors (Lipinski definition) is 3. The normalized spacial score (nSPS) is 11.3. The van der Waals surface area contributed by atoms with E-state index >= 15 is 0 Å². The molecule has 0 unspecified atom stereocenters. The highest BCUT2D eigenvalue weighted by atomic mass is 16.5.